The van der Waals surface area contributed by atoms with Crippen molar-refractivity contribution in [2.45, 2.75) is 13.0 Å². The second kappa shape index (κ2) is 5.46. The molecule has 1 aromatic heterocycles. The highest BCUT2D eigenvalue weighted by Gasteiger charge is 2.12. The molecular formula is C13H16FN3S. The number of halogens is 1. The van der Waals surface area contributed by atoms with Crippen LogP contribution in [0.15, 0.2) is 29.6 Å². The lowest BCUT2D eigenvalue weighted by Crippen LogP contribution is -2.14. The molecule has 2 aromatic rings. The van der Waals surface area contributed by atoms with Crippen LogP contribution in [0, 0.1) is 5.82 Å². The van der Waals surface area contributed by atoms with Crippen LogP contribution in [0.4, 0.5) is 15.2 Å². The minimum Gasteiger partial charge on any atom is -0.321 e. The lowest BCUT2D eigenvalue weighted by atomic mass is 10.3. The van der Waals surface area contributed by atoms with Crippen molar-refractivity contribution in [2.24, 2.45) is 0 Å². The number of rotatable bonds is 4. The van der Waals surface area contributed by atoms with Crippen LogP contribution in [0.1, 0.15) is 18.7 Å². The van der Waals surface area contributed by atoms with Gasteiger partial charge in [0.2, 0.25) is 0 Å². The molecule has 1 unspecified atom stereocenters. The van der Waals surface area contributed by atoms with E-state index in [1.165, 1.54) is 12.1 Å². The van der Waals surface area contributed by atoms with Crippen LogP contribution in [-0.4, -0.2) is 19.1 Å². The van der Waals surface area contributed by atoms with Gasteiger partial charge in [-0.25, -0.2) is 9.37 Å². The molecule has 0 fully saturated rings. The first-order chi connectivity index (χ1) is 8.61. The molecule has 1 N–H and O–H groups in total. The van der Waals surface area contributed by atoms with Crippen molar-refractivity contribution in [3.05, 3.63) is 41.2 Å². The molecule has 0 saturated heterocycles. The van der Waals surface area contributed by atoms with Crippen LogP contribution in [-0.2, 0) is 0 Å². The van der Waals surface area contributed by atoms with E-state index < -0.39 is 0 Å². The van der Waals surface area contributed by atoms with Gasteiger partial charge in [0.05, 0.1) is 5.69 Å². The Kier molecular flexibility index (Phi) is 3.93. The average molecular weight is 265 g/mol. The number of hydrogen-bond donors (Lipinski definition) is 1. The third-order valence-corrected chi connectivity index (χ3v) is 3.82. The molecule has 0 bridgehead atoms. The topological polar surface area (TPSA) is 28.2 Å². The van der Waals surface area contributed by atoms with E-state index in [4.69, 9.17) is 0 Å². The molecule has 18 heavy (non-hydrogen) atoms. The SMILES string of the molecule is CNC(C)c1csc(N(C)c2ccc(F)cc2)n1. The van der Waals surface area contributed by atoms with Crippen molar-refractivity contribution in [3.8, 4) is 0 Å². The van der Waals surface area contributed by atoms with E-state index in [0.29, 0.717) is 0 Å². The maximum atomic E-state index is 12.9. The minimum absolute atomic E-state index is 0.226. The fourth-order valence-electron chi connectivity index (χ4n) is 1.55. The van der Waals surface area contributed by atoms with E-state index in [2.05, 4.69) is 17.2 Å². The third kappa shape index (κ3) is 2.68. The van der Waals surface area contributed by atoms with E-state index in [0.717, 1.165) is 16.5 Å². The summed E-state index contributed by atoms with van der Waals surface area (Å²) in [6.07, 6.45) is 0. The van der Waals surface area contributed by atoms with Gasteiger partial charge in [-0.15, -0.1) is 11.3 Å². The quantitative estimate of drug-likeness (QED) is 0.919. The number of hydrogen-bond acceptors (Lipinski definition) is 4. The molecule has 0 amide bonds. The summed E-state index contributed by atoms with van der Waals surface area (Å²) in [4.78, 5) is 6.52. The van der Waals surface area contributed by atoms with Crippen molar-refractivity contribution >= 4 is 22.2 Å². The van der Waals surface area contributed by atoms with Crippen molar-refractivity contribution in [2.75, 3.05) is 19.0 Å². The summed E-state index contributed by atoms with van der Waals surface area (Å²) in [5.74, 6) is -0.226. The van der Waals surface area contributed by atoms with E-state index >= 15 is 0 Å². The minimum atomic E-state index is -0.226. The Hall–Kier alpha value is -1.46. The lowest BCUT2D eigenvalue weighted by Gasteiger charge is -2.15. The highest BCUT2D eigenvalue weighted by atomic mass is 32.1. The smallest absolute Gasteiger partial charge is 0.189 e. The van der Waals surface area contributed by atoms with E-state index in [1.807, 2.05) is 24.4 Å². The van der Waals surface area contributed by atoms with E-state index in [9.17, 15) is 4.39 Å². The van der Waals surface area contributed by atoms with Gasteiger partial charge in [-0.05, 0) is 38.2 Å². The van der Waals surface area contributed by atoms with Crippen LogP contribution in [0.25, 0.3) is 0 Å². The summed E-state index contributed by atoms with van der Waals surface area (Å²) in [6.45, 7) is 2.07. The van der Waals surface area contributed by atoms with Gasteiger partial charge in [-0.3, -0.25) is 0 Å². The van der Waals surface area contributed by atoms with Crippen molar-refractivity contribution < 1.29 is 4.39 Å². The Bertz CT molecular complexity index is 509. The van der Waals surface area contributed by atoms with Gasteiger partial charge < -0.3 is 10.2 Å². The molecule has 1 atom stereocenters. The predicted octanol–water partition coefficient (Wildman–Crippen LogP) is 3.33. The van der Waals surface area contributed by atoms with Crippen LogP contribution in [0.3, 0.4) is 0 Å². The Balaban J connectivity index is 2.20. The number of thiazole rings is 1. The van der Waals surface area contributed by atoms with Crippen LogP contribution in [0.5, 0.6) is 0 Å². The molecule has 96 valence electrons. The van der Waals surface area contributed by atoms with Gasteiger partial charge in [0, 0.05) is 24.2 Å². The summed E-state index contributed by atoms with van der Waals surface area (Å²) in [7, 11) is 3.84. The summed E-state index contributed by atoms with van der Waals surface area (Å²) in [6, 6.07) is 6.64. The second-order valence-electron chi connectivity index (χ2n) is 4.10. The van der Waals surface area contributed by atoms with Crippen LogP contribution < -0.4 is 10.2 Å². The summed E-state index contributed by atoms with van der Waals surface area (Å²) in [5, 5.41) is 6.10. The first-order valence-corrected chi connectivity index (χ1v) is 6.61. The molecular weight excluding hydrogens is 249 g/mol. The molecule has 1 heterocycles. The molecule has 0 saturated carbocycles. The summed E-state index contributed by atoms with van der Waals surface area (Å²) < 4.78 is 12.9. The van der Waals surface area contributed by atoms with Gasteiger partial charge in [0.1, 0.15) is 5.82 Å². The standard InChI is InChI=1S/C13H16FN3S/c1-9(15-2)12-8-18-13(16-12)17(3)11-6-4-10(14)5-7-11/h4-9,15H,1-3H3. The zero-order valence-corrected chi connectivity index (χ0v) is 11.5. The fourth-order valence-corrected chi connectivity index (χ4v) is 2.46. The van der Waals surface area contributed by atoms with Crippen molar-refractivity contribution in [1.82, 2.24) is 10.3 Å². The molecule has 0 radical (unpaired) electrons. The maximum Gasteiger partial charge on any atom is 0.189 e. The molecule has 5 heteroatoms. The van der Waals surface area contributed by atoms with Gasteiger partial charge in [-0.1, -0.05) is 0 Å². The Labute approximate surface area is 110 Å². The number of nitrogens with one attached hydrogen (secondary N) is 1. The molecule has 1 aromatic carbocycles. The van der Waals surface area contributed by atoms with Gasteiger partial charge in [-0.2, -0.15) is 0 Å². The normalized spacial score (nSPS) is 12.4. The largest absolute Gasteiger partial charge is 0.321 e. The lowest BCUT2D eigenvalue weighted by molar-refractivity contribution is 0.628. The van der Waals surface area contributed by atoms with Crippen molar-refractivity contribution in [1.29, 1.82) is 0 Å². The Morgan fingerprint density at radius 1 is 1.33 bits per heavy atom. The van der Waals surface area contributed by atoms with Crippen LogP contribution >= 0.6 is 11.3 Å². The van der Waals surface area contributed by atoms with Gasteiger partial charge in [0.25, 0.3) is 0 Å². The van der Waals surface area contributed by atoms with Gasteiger partial charge in [0.15, 0.2) is 5.13 Å². The highest BCUT2D eigenvalue weighted by molar-refractivity contribution is 7.13. The summed E-state index contributed by atoms with van der Waals surface area (Å²) in [5.41, 5.74) is 1.95. The van der Waals surface area contributed by atoms with E-state index in [1.54, 1.807) is 23.5 Å². The first kappa shape index (κ1) is 13.0. The average Bonchev–Trinajstić information content (AvgIpc) is 2.87. The number of anilines is 2. The molecule has 3 nitrogen and oxygen atoms in total. The fraction of sp³-hybridized carbons (Fsp3) is 0.308. The maximum absolute atomic E-state index is 12.9. The first-order valence-electron chi connectivity index (χ1n) is 5.74. The zero-order chi connectivity index (χ0) is 13.1. The number of nitrogens with zero attached hydrogens (tertiary/aromatic N) is 2. The molecule has 0 aliphatic carbocycles. The highest BCUT2D eigenvalue weighted by Crippen LogP contribution is 2.28. The van der Waals surface area contributed by atoms with Crippen LogP contribution in [0.2, 0.25) is 0 Å². The van der Waals surface area contributed by atoms with Gasteiger partial charge >= 0.3 is 0 Å². The Morgan fingerprint density at radius 2 is 2.00 bits per heavy atom. The number of benzene rings is 1. The third-order valence-electron chi connectivity index (χ3n) is 2.89. The molecule has 0 aliphatic heterocycles. The zero-order valence-electron chi connectivity index (χ0n) is 10.6. The number of aromatic nitrogens is 1. The van der Waals surface area contributed by atoms with Crippen molar-refractivity contribution in [3.63, 3.8) is 0 Å². The monoisotopic (exact) mass is 265 g/mol. The summed E-state index contributed by atoms with van der Waals surface area (Å²) >= 11 is 1.58. The molecule has 0 spiro atoms. The molecule has 2 rings (SSSR count). The predicted molar refractivity (Wildman–Crippen MR) is 74.1 cm³/mol. The van der Waals surface area contributed by atoms with E-state index in [-0.39, 0.29) is 11.9 Å². The second-order valence-corrected chi connectivity index (χ2v) is 4.94. The Morgan fingerprint density at radius 3 is 2.61 bits per heavy atom. The molecule has 0 aliphatic rings.